The molecule has 1 N–H and O–H groups in total. The van der Waals surface area contributed by atoms with Gasteiger partial charge in [-0.1, -0.05) is 17.7 Å². The molecule has 1 aliphatic heterocycles. The fourth-order valence-corrected chi connectivity index (χ4v) is 3.33. The van der Waals surface area contributed by atoms with Crippen molar-refractivity contribution >= 4 is 11.8 Å². The lowest BCUT2D eigenvalue weighted by molar-refractivity contribution is -0.126. The van der Waals surface area contributed by atoms with Gasteiger partial charge >= 0.3 is 0 Å². The molecule has 1 atom stereocenters. The van der Waals surface area contributed by atoms with Gasteiger partial charge in [0.2, 0.25) is 5.91 Å². The summed E-state index contributed by atoms with van der Waals surface area (Å²) in [5.41, 5.74) is 1.82. The minimum atomic E-state index is -0.139. The maximum atomic E-state index is 12.7. The second kappa shape index (κ2) is 8.17. The molecule has 1 saturated heterocycles. The van der Waals surface area contributed by atoms with E-state index in [9.17, 15) is 9.59 Å². The molecule has 2 amide bonds. The molecule has 138 valence electrons. The number of hydrogen-bond donors (Lipinski definition) is 1. The third-order valence-electron chi connectivity index (χ3n) is 4.95. The van der Waals surface area contributed by atoms with E-state index in [0.29, 0.717) is 31.6 Å². The summed E-state index contributed by atoms with van der Waals surface area (Å²) in [5.74, 6) is 0.848. The topological polar surface area (TPSA) is 67.2 Å². The molecule has 0 radical (unpaired) electrons. The molecule has 1 fully saturated rings. The van der Waals surface area contributed by atoms with E-state index in [1.807, 2.05) is 49.0 Å². The highest BCUT2D eigenvalue weighted by molar-refractivity contribution is 5.94. The van der Waals surface area contributed by atoms with Gasteiger partial charge in [0.25, 0.3) is 5.91 Å². The molecule has 1 aromatic carbocycles. The van der Waals surface area contributed by atoms with Gasteiger partial charge in [0, 0.05) is 51.1 Å². The largest absolute Gasteiger partial charge is 0.355 e. The lowest BCUT2D eigenvalue weighted by Crippen LogP contribution is -2.45. The van der Waals surface area contributed by atoms with Crippen molar-refractivity contribution < 1.29 is 9.59 Å². The zero-order valence-electron chi connectivity index (χ0n) is 15.4. The van der Waals surface area contributed by atoms with Crippen LogP contribution in [0.2, 0.25) is 0 Å². The van der Waals surface area contributed by atoms with Crippen molar-refractivity contribution in [2.75, 3.05) is 19.6 Å². The zero-order valence-corrected chi connectivity index (χ0v) is 15.4. The molecule has 2 aromatic rings. The minimum Gasteiger partial charge on any atom is -0.355 e. The molecule has 1 aromatic heterocycles. The number of amides is 2. The Balaban J connectivity index is 1.52. The van der Waals surface area contributed by atoms with Gasteiger partial charge in [-0.3, -0.25) is 9.59 Å². The molecule has 1 aliphatic rings. The number of imidazole rings is 1. The van der Waals surface area contributed by atoms with Crippen LogP contribution in [0.3, 0.4) is 0 Å². The molecule has 0 saturated carbocycles. The van der Waals surface area contributed by atoms with Crippen LogP contribution in [0.1, 0.15) is 34.6 Å². The van der Waals surface area contributed by atoms with E-state index in [2.05, 4.69) is 10.3 Å². The van der Waals surface area contributed by atoms with Crippen molar-refractivity contribution in [3.05, 3.63) is 53.6 Å². The first-order valence-electron chi connectivity index (χ1n) is 9.14. The van der Waals surface area contributed by atoms with E-state index in [-0.39, 0.29) is 17.7 Å². The first-order valence-corrected chi connectivity index (χ1v) is 9.14. The van der Waals surface area contributed by atoms with Gasteiger partial charge in [-0.25, -0.2) is 4.98 Å². The van der Waals surface area contributed by atoms with E-state index in [4.69, 9.17) is 0 Å². The normalized spacial score (nSPS) is 17.2. The molecule has 3 rings (SSSR count). The Morgan fingerprint density at radius 1 is 1.27 bits per heavy atom. The number of nitrogens with one attached hydrogen (secondary N) is 1. The first-order chi connectivity index (χ1) is 12.5. The number of likely N-dealkylation sites (tertiary alicyclic amines) is 1. The molecule has 0 aliphatic carbocycles. The second-order valence-corrected chi connectivity index (χ2v) is 6.95. The Morgan fingerprint density at radius 2 is 2.04 bits per heavy atom. The quantitative estimate of drug-likeness (QED) is 0.892. The lowest BCUT2D eigenvalue weighted by atomic mass is 9.96. The Kier molecular flexibility index (Phi) is 5.71. The van der Waals surface area contributed by atoms with Gasteiger partial charge in [-0.05, 0) is 31.9 Å². The van der Waals surface area contributed by atoms with Gasteiger partial charge in [0.1, 0.15) is 5.82 Å². The van der Waals surface area contributed by atoms with Crippen molar-refractivity contribution in [2.24, 2.45) is 13.0 Å². The van der Waals surface area contributed by atoms with E-state index >= 15 is 0 Å². The lowest BCUT2D eigenvalue weighted by Gasteiger charge is -2.32. The standard InChI is InChI=1S/C20H26N4O2/c1-15-5-7-16(8-6-15)20(26)24-12-3-4-17(14-24)19(25)22-10-9-18-21-11-13-23(18)2/h5-8,11,13,17H,3-4,9-10,12,14H2,1-2H3,(H,22,25)/t17-/m0/s1. The fraction of sp³-hybridized carbons (Fsp3) is 0.450. The number of carbonyl (C=O) groups excluding carboxylic acids is 2. The summed E-state index contributed by atoms with van der Waals surface area (Å²) in [6.07, 6.45) is 6.04. The minimum absolute atomic E-state index is 0.00973. The van der Waals surface area contributed by atoms with E-state index < -0.39 is 0 Å². The summed E-state index contributed by atoms with van der Waals surface area (Å²) in [5, 5.41) is 2.99. The predicted molar refractivity (Wildman–Crippen MR) is 99.7 cm³/mol. The van der Waals surface area contributed by atoms with Gasteiger partial charge in [-0.15, -0.1) is 0 Å². The molecule has 6 heteroatoms. The van der Waals surface area contributed by atoms with Crippen LogP contribution in [0, 0.1) is 12.8 Å². The monoisotopic (exact) mass is 354 g/mol. The molecular formula is C20H26N4O2. The molecule has 0 unspecified atom stereocenters. The van der Waals surface area contributed by atoms with Gasteiger partial charge in [-0.2, -0.15) is 0 Å². The highest BCUT2D eigenvalue weighted by Crippen LogP contribution is 2.19. The maximum Gasteiger partial charge on any atom is 0.253 e. The number of piperidine rings is 1. The molecular weight excluding hydrogens is 328 g/mol. The smallest absolute Gasteiger partial charge is 0.253 e. The van der Waals surface area contributed by atoms with Crippen LogP contribution < -0.4 is 5.32 Å². The molecule has 0 bridgehead atoms. The van der Waals surface area contributed by atoms with Crippen LogP contribution in [0.15, 0.2) is 36.7 Å². The summed E-state index contributed by atoms with van der Waals surface area (Å²) in [6, 6.07) is 7.60. The van der Waals surface area contributed by atoms with Crippen molar-refractivity contribution in [1.29, 1.82) is 0 Å². The molecule has 26 heavy (non-hydrogen) atoms. The van der Waals surface area contributed by atoms with Gasteiger partial charge in [0.15, 0.2) is 0 Å². The number of benzene rings is 1. The summed E-state index contributed by atoms with van der Waals surface area (Å²) in [7, 11) is 1.94. The average Bonchev–Trinajstić information content (AvgIpc) is 3.07. The number of nitrogens with zero attached hydrogens (tertiary/aromatic N) is 3. The molecule has 2 heterocycles. The van der Waals surface area contributed by atoms with Gasteiger partial charge in [0.05, 0.1) is 5.92 Å². The number of rotatable bonds is 5. The Morgan fingerprint density at radius 3 is 2.73 bits per heavy atom. The van der Waals surface area contributed by atoms with Crippen molar-refractivity contribution in [1.82, 2.24) is 19.8 Å². The fourth-order valence-electron chi connectivity index (χ4n) is 3.33. The number of hydrogen-bond acceptors (Lipinski definition) is 3. The highest BCUT2D eigenvalue weighted by atomic mass is 16.2. The van der Waals surface area contributed by atoms with E-state index in [1.165, 1.54) is 0 Å². The Labute approximate surface area is 154 Å². The van der Waals surface area contributed by atoms with Crippen LogP contribution in [0.5, 0.6) is 0 Å². The summed E-state index contributed by atoms with van der Waals surface area (Å²) in [4.78, 5) is 31.2. The Hall–Kier alpha value is -2.63. The van der Waals surface area contributed by atoms with Crippen molar-refractivity contribution in [2.45, 2.75) is 26.2 Å². The number of carbonyl (C=O) groups is 2. The van der Waals surface area contributed by atoms with Crippen LogP contribution in [0.4, 0.5) is 0 Å². The summed E-state index contributed by atoms with van der Waals surface area (Å²) in [6.45, 7) is 3.76. The second-order valence-electron chi connectivity index (χ2n) is 6.95. The van der Waals surface area contributed by atoms with Crippen molar-refractivity contribution in [3.63, 3.8) is 0 Å². The van der Waals surface area contributed by atoms with E-state index in [0.717, 1.165) is 24.2 Å². The average molecular weight is 354 g/mol. The summed E-state index contributed by atoms with van der Waals surface area (Å²) < 4.78 is 1.95. The Bertz CT molecular complexity index is 766. The van der Waals surface area contributed by atoms with Crippen LogP contribution >= 0.6 is 0 Å². The predicted octanol–water partition coefficient (Wildman–Crippen LogP) is 1.94. The highest BCUT2D eigenvalue weighted by Gasteiger charge is 2.28. The SMILES string of the molecule is Cc1ccc(C(=O)N2CCC[C@H](C(=O)NCCc3nccn3C)C2)cc1. The van der Waals surface area contributed by atoms with E-state index in [1.54, 1.807) is 11.1 Å². The molecule has 0 spiro atoms. The zero-order chi connectivity index (χ0) is 18.5. The molecule has 6 nitrogen and oxygen atoms in total. The third-order valence-corrected chi connectivity index (χ3v) is 4.95. The first kappa shape index (κ1) is 18.2. The maximum absolute atomic E-state index is 12.7. The summed E-state index contributed by atoms with van der Waals surface area (Å²) >= 11 is 0. The number of aromatic nitrogens is 2. The van der Waals surface area contributed by atoms with Gasteiger partial charge < -0.3 is 14.8 Å². The third kappa shape index (κ3) is 4.31. The number of aryl methyl sites for hydroxylation is 2. The van der Waals surface area contributed by atoms with Crippen LogP contribution in [-0.2, 0) is 18.3 Å². The van der Waals surface area contributed by atoms with Crippen molar-refractivity contribution in [3.8, 4) is 0 Å². The van der Waals surface area contributed by atoms with Crippen LogP contribution in [0.25, 0.3) is 0 Å². The van der Waals surface area contributed by atoms with Crippen LogP contribution in [-0.4, -0.2) is 45.9 Å².